The van der Waals surface area contributed by atoms with Gasteiger partial charge in [0, 0.05) is 59.5 Å². The maximum atomic E-state index is 14.6. The second kappa shape index (κ2) is 19.8. The third-order valence-corrected chi connectivity index (χ3v) is 9.67. The van der Waals surface area contributed by atoms with Crippen LogP contribution in [-0.2, 0) is 6.42 Å². The van der Waals surface area contributed by atoms with E-state index in [0.29, 0.717) is 42.0 Å². The average molecular weight is 792 g/mol. The molecule has 0 saturated carbocycles. The van der Waals surface area contributed by atoms with E-state index in [1.807, 2.05) is 97.1 Å². The fraction of sp³-hybridized carbons (Fsp3) is 0.118. The van der Waals surface area contributed by atoms with Gasteiger partial charge in [0.05, 0.1) is 22.8 Å². The number of rotatable bonds is 16. The van der Waals surface area contributed by atoms with Crippen molar-refractivity contribution >= 4 is 17.0 Å². The summed E-state index contributed by atoms with van der Waals surface area (Å²) in [4.78, 5) is 33.5. The van der Waals surface area contributed by atoms with Gasteiger partial charge in [-0.05, 0) is 90.8 Å². The molecule has 0 spiro atoms. The summed E-state index contributed by atoms with van der Waals surface area (Å²) in [5, 5.41) is 0. The van der Waals surface area contributed by atoms with Crippen LogP contribution in [0.5, 0.6) is 0 Å². The number of aromatic nitrogens is 5. The van der Waals surface area contributed by atoms with Crippen molar-refractivity contribution in [3.8, 4) is 34.2 Å². The predicted octanol–water partition coefficient (Wildman–Crippen LogP) is 12.1. The summed E-state index contributed by atoms with van der Waals surface area (Å²) in [5.41, 5.74) is 9.90. The first-order valence-electron chi connectivity index (χ1n) is 19.7. The molecule has 0 N–H and O–H groups in total. The number of benzene rings is 3. The Labute approximate surface area is 349 Å². The van der Waals surface area contributed by atoms with Crippen LogP contribution in [0.15, 0.2) is 182 Å². The number of pyridine rings is 2. The molecule has 0 fully saturated rings. The largest absolute Gasteiger partial charge is 0.259 e. The minimum Gasteiger partial charge on any atom is -0.259 e. The molecule has 7 rings (SSSR count). The molecule has 6 aromatic rings. The van der Waals surface area contributed by atoms with Gasteiger partial charge in [-0.3, -0.25) is 20.0 Å². The van der Waals surface area contributed by atoms with Crippen LogP contribution < -0.4 is 0 Å². The second-order valence-corrected chi connectivity index (χ2v) is 14.0. The van der Waals surface area contributed by atoms with Gasteiger partial charge in [0.25, 0.3) is 0 Å². The molecule has 3 heterocycles. The zero-order valence-electron chi connectivity index (χ0n) is 33.2. The molecular weight excluding hydrogens is 749 g/mol. The van der Waals surface area contributed by atoms with Crippen molar-refractivity contribution in [2.75, 3.05) is 0 Å². The summed E-state index contributed by atoms with van der Waals surface area (Å²) in [5.74, 6) is -0.606. The molecule has 0 atom stereocenters. The number of hydrogen-bond acceptors (Lipinski definition) is 7. The van der Waals surface area contributed by atoms with Gasteiger partial charge in [-0.15, -0.1) is 19.7 Å². The maximum Gasteiger partial charge on any atom is 0.164 e. The topological polar surface area (TPSA) is 89.2 Å². The van der Waals surface area contributed by atoms with E-state index in [-0.39, 0.29) is 11.4 Å². The lowest BCUT2D eigenvalue weighted by Crippen LogP contribution is -2.11. The highest BCUT2D eigenvalue weighted by Gasteiger charge is 2.21. The third-order valence-electron chi connectivity index (χ3n) is 9.67. The third kappa shape index (κ3) is 10.00. The first kappa shape index (κ1) is 40.8. The van der Waals surface area contributed by atoms with Gasteiger partial charge in [0.2, 0.25) is 0 Å². The van der Waals surface area contributed by atoms with Crippen molar-refractivity contribution < 1.29 is 8.78 Å². The average Bonchev–Trinajstić information content (AvgIpc) is 3.27. The number of fused-ring (bicyclic) bond motifs is 1. The molecule has 0 amide bonds. The molecule has 7 nitrogen and oxygen atoms in total. The Hall–Kier alpha value is -7.39. The number of halogens is 2. The summed E-state index contributed by atoms with van der Waals surface area (Å²) >= 11 is 0. The summed E-state index contributed by atoms with van der Waals surface area (Å²) in [7, 11) is 0. The fourth-order valence-electron chi connectivity index (χ4n) is 6.88. The molecule has 3 aromatic carbocycles. The standard InChI is InChI=1S/C51H43F2N7/c1-4-7-10-25-54-45(22-9-6-3)47-37(20-14-27-56-47)29-35-16-12-18-38(30-35)49-58-50(60-51(59-49)40-32-41(52)34-42(53)33-40)39-19-13-17-36(31-39)43-23-24-46(55-26-11-8-5-2)48-44(43)21-15-28-57-48/h4-6,10-21,23,25-28,30-34H,1-3,7-9,22,24,29H2/b25-10-,26-11-,54-45+,55-46+. The van der Waals surface area contributed by atoms with E-state index in [1.54, 1.807) is 24.8 Å². The monoisotopic (exact) mass is 791 g/mol. The van der Waals surface area contributed by atoms with Crippen molar-refractivity contribution in [3.63, 3.8) is 0 Å². The van der Waals surface area contributed by atoms with Crippen molar-refractivity contribution in [2.45, 2.75) is 38.5 Å². The molecule has 0 saturated heterocycles. The summed E-state index contributed by atoms with van der Waals surface area (Å²) < 4.78 is 29.3. The Morgan fingerprint density at radius 2 is 1.33 bits per heavy atom. The van der Waals surface area contributed by atoms with E-state index >= 15 is 0 Å². The van der Waals surface area contributed by atoms with Gasteiger partial charge in [-0.25, -0.2) is 23.7 Å². The van der Waals surface area contributed by atoms with Gasteiger partial charge in [-0.2, -0.15) is 0 Å². The van der Waals surface area contributed by atoms with Crippen LogP contribution in [0.1, 0.15) is 65.7 Å². The molecule has 0 radical (unpaired) electrons. The first-order valence-corrected chi connectivity index (χ1v) is 19.7. The lowest BCUT2D eigenvalue weighted by Gasteiger charge is -2.19. The fourth-order valence-corrected chi connectivity index (χ4v) is 6.88. The Morgan fingerprint density at radius 3 is 2.08 bits per heavy atom. The van der Waals surface area contributed by atoms with Crippen molar-refractivity contribution in [3.05, 3.63) is 217 Å². The smallest absolute Gasteiger partial charge is 0.164 e. The molecule has 0 aliphatic heterocycles. The number of hydrogen-bond donors (Lipinski definition) is 0. The van der Waals surface area contributed by atoms with Gasteiger partial charge < -0.3 is 0 Å². The van der Waals surface area contributed by atoms with Gasteiger partial charge in [0.15, 0.2) is 17.5 Å². The van der Waals surface area contributed by atoms with Gasteiger partial charge >= 0.3 is 0 Å². The van der Waals surface area contributed by atoms with E-state index in [9.17, 15) is 8.78 Å². The Kier molecular flexibility index (Phi) is 13.5. The maximum absolute atomic E-state index is 14.6. The van der Waals surface area contributed by atoms with E-state index in [2.05, 4.69) is 31.9 Å². The van der Waals surface area contributed by atoms with Crippen LogP contribution in [0, 0.1) is 11.6 Å². The highest BCUT2D eigenvalue weighted by Crippen LogP contribution is 2.34. The van der Waals surface area contributed by atoms with Crippen LogP contribution in [0.2, 0.25) is 0 Å². The highest BCUT2D eigenvalue weighted by molar-refractivity contribution is 6.08. The van der Waals surface area contributed by atoms with Crippen LogP contribution >= 0.6 is 0 Å². The van der Waals surface area contributed by atoms with E-state index < -0.39 is 11.6 Å². The van der Waals surface area contributed by atoms with Crippen LogP contribution in [0.3, 0.4) is 0 Å². The van der Waals surface area contributed by atoms with Gasteiger partial charge in [0.1, 0.15) is 11.6 Å². The van der Waals surface area contributed by atoms with Crippen molar-refractivity contribution in [1.29, 1.82) is 0 Å². The molecular formula is C51H43F2N7. The number of nitrogens with zero attached hydrogens (tertiary/aromatic N) is 7. The van der Waals surface area contributed by atoms with Crippen molar-refractivity contribution in [2.24, 2.45) is 9.98 Å². The molecule has 0 unspecified atom stereocenters. The summed E-state index contributed by atoms with van der Waals surface area (Å²) in [6.07, 6.45) is 22.8. The molecule has 0 bridgehead atoms. The van der Waals surface area contributed by atoms with E-state index in [4.69, 9.17) is 34.9 Å². The molecule has 1 aliphatic carbocycles. The molecule has 9 heteroatoms. The van der Waals surface area contributed by atoms with E-state index in [1.165, 1.54) is 12.1 Å². The molecule has 3 aromatic heterocycles. The summed E-state index contributed by atoms with van der Waals surface area (Å²) in [6.45, 7) is 11.5. The zero-order chi connectivity index (χ0) is 41.7. The minimum atomic E-state index is -0.729. The van der Waals surface area contributed by atoms with Crippen molar-refractivity contribution in [1.82, 2.24) is 24.9 Å². The zero-order valence-corrected chi connectivity index (χ0v) is 33.2. The Balaban J connectivity index is 1.27. The lowest BCUT2D eigenvalue weighted by atomic mass is 9.88. The predicted molar refractivity (Wildman–Crippen MR) is 239 cm³/mol. The Morgan fingerprint density at radius 1 is 0.667 bits per heavy atom. The van der Waals surface area contributed by atoms with Crippen LogP contribution in [-0.4, -0.2) is 36.3 Å². The van der Waals surface area contributed by atoms with Crippen LogP contribution in [0.25, 0.3) is 39.7 Å². The SMILES string of the molecule is C=CC/C=C\N=C(/CCC=C)c1ncccc1Cc1cccc(-c2nc(-c3cc(F)cc(F)c3)nc(-c3cccc(C4=CC/C(=N\C=C/CC=C)c5ncccc54)c3)n2)c1. The summed E-state index contributed by atoms with van der Waals surface area (Å²) in [6, 6.07) is 27.1. The molecule has 296 valence electrons. The van der Waals surface area contributed by atoms with Gasteiger partial charge in [-0.1, -0.05) is 85.0 Å². The first-order chi connectivity index (χ1) is 29.4. The second-order valence-electron chi connectivity index (χ2n) is 14.0. The Bertz CT molecular complexity index is 2690. The normalized spacial score (nSPS) is 13.4. The molecule has 1 aliphatic rings. The number of aliphatic imine (C=N–C) groups is 2. The lowest BCUT2D eigenvalue weighted by molar-refractivity contribution is 0.584. The van der Waals surface area contributed by atoms with Crippen LogP contribution in [0.4, 0.5) is 8.78 Å². The quantitative estimate of drug-likeness (QED) is 0.0719. The highest BCUT2D eigenvalue weighted by atomic mass is 19.1. The number of allylic oxidation sites excluding steroid dienone is 6. The molecule has 60 heavy (non-hydrogen) atoms. The minimum absolute atomic E-state index is 0.142. The van der Waals surface area contributed by atoms with E-state index in [0.717, 1.165) is 76.0 Å².